The van der Waals surface area contributed by atoms with Crippen LogP contribution in [0.5, 0.6) is 5.75 Å². The first-order valence-corrected chi connectivity index (χ1v) is 10.3. The SMILES string of the molecule is Cc1oc(-c2ccccc2)nc1C(C)Oc1ccc(CN2CCOC[C@H]2C(=O)O)cc1. The second-order valence-corrected chi connectivity index (χ2v) is 7.63. The third-order valence-electron chi connectivity index (χ3n) is 5.38. The van der Waals surface area contributed by atoms with Crippen molar-refractivity contribution in [3.05, 3.63) is 71.6 Å². The first-order chi connectivity index (χ1) is 15.0. The van der Waals surface area contributed by atoms with Gasteiger partial charge >= 0.3 is 5.97 Å². The summed E-state index contributed by atoms with van der Waals surface area (Å²) in [6.45, 7) is 5.75. The fourth-order valence-electron chi connectivity index (χ4n) is 3.71. The number of oxazole rings is 1. The minimum atomic E-state index is -0.855. The number of nitrogens with zero attached hydrogens (tertiary/aromatic N) is 2. The van der Waals surface area contributed by atoms with Gasteiger partial charge < -0.3 is 19.0 Å². The summed E-state index contributed by atoms with van der Waals surface area (Å²) in [7, 11) is 0. The Balaban J connectivity index is 1.41. The number of aliphatic carboxylic acids is 1. The Labute approximate surface area is 181 Å². The lowest BCUT2D eigenvalue weighted by Gasteiger charge is -2.32. The van der Waals surface area contributed by atoms with E-state index in [-0.39, 0.29) is 12.7 Å². The van der Waals surface area contributed by atoms with Gasteiger partial charge in [-0.1, -0.05) is 30.3 Å². The van der Waals surface area contributed by atoms with E-state index in [4.69, 9.17) is 13.9 Å². The normalized spacial score (nSPS) is 17.9. The van der Waals surface area contributed by atoms with E-state index in [1.54, 1.807) is 0 Å². The van der Waals surface area contributed by atoms with Crippen LogP contribution in [0.1, 0.15) is 30.0 Å². The van der Waals surface area contributed by atoms with Crippen molar-refractivity contribution in [1.82, 2.24) is 9.88 Å². The number of hydrogen-bond donors (Lipinski definition) is 1. The van der Waals surface area contributed by atoms with E-state index in [1.165, 1.54) is 0 Å². The standard InChI is InChI=1S/C24H26N2O5/c1-16(22-17(2)31-23(25-22)19-6-4-3-5-7-19)30-20-10-8-18(9-11-20)14-26-12-13-29-15-21(26)24(27)28/h3-11,16,21H,12-15H2,1-2H3,(H,27,28)/t16?,21-/m0/s1. The molecule has 3 aromatic rings. The summed E-state index contributed by atoms with van der Waals surface area (Å²) in [6, 6.07) is 16.9. The number of carboxylic acid groups (broad SMARTS) is 1. The summed E-state index contributed by atoms with van der Waals surface area (Å²) in [6.07, 6.45) is -0.275. The molecule has 0 saturated carbocycles. The molecule has 1 aliphatic rings. The molecule has 0 aliphatic carbocycles. The second kappa shape index (κ2) is 9.32. The van der Waals surface area contributed by atoms with Gasteiger partial charge in [-0.2, -0.15) is 0 Å². The number of morpholine rings is 1. The first-order valence-electron chi connectivity index (χ1n) is 10.3. The molecule has 1 saturated heterocycles. The van der Waals surface area contributed by atoms with Crippen LogP contribution in [0, 0.1) is 6.92 Å². The van der Waals surface area contributed by atoms with Crippen molar-refractivity contribution < 1.29 is 23.8 Å². The summed E-state index contributed by atoms with van der Waals surface area (Å²) in [5.41, 5.74) is 2.72. The van der Waals surface area contributed by atoms with E-state index in [2.05, 4.69) is 4.98 Å². The van der Waals surface area contributed by atoms with Crippen LogP contribution in [0.3, 0.4) is 0 Å². The maximum atomic E-state index is 11.4. The van der Waals surface area contributed by atoms with Crippen LogP contribution in [-0.2, 0) is 16.1 Å². The summed E-state index contributed by atoms with van der Waals surface area (Å²) < 4.78 is 17.2. The molecular weight excluding hydrogens is 396 g/mol. The van der Waals surface area contributed by atoms with Gasteiger partial charge in [0, 0.05) is 18.7 Å². The lowest BCUT2D eigenvalue weighted by atomic mass is 10.1. The van der Waals surface area contributed by atoms with Gasteiger partial charge in [-0.05, 0) is 43.7 Å². The van der Waals surface area contributed by atoms with Crippen molar-refractivity contribution in [2.24, 2.45) is 0 Å². The van der Waals surface area contributed by atoms with Crippen molar-refractivity contribution >= 4 is 5.97 Å². The molecule has 0 radical (unpaired) electrons. The van der Waals surface area contributed by atoms with Gasteiger partial charge in [0.1, 0.15) is 29.3 Å². The molecule has 1 unspecified atom stereocenters. The van der Waals surface area contributed by atoms with Gasteiger partial charge in [-0.3, -0.25) is 9.69 Å². The topological polar surface area (TPSA) is 85.0 Å². The largest absolute Gasteiger partial charge is 0.484 e. The molecule has 0 amide bonds. The van der Waals surface area contributed by atoms with Crippen LogP contribution in [0.25, 0.3) is 11.5 Å². The Bertz CT molecular complexity index is 1020. The maximum Gasteiger partial charge on any atom is 0.323 e. The van der Waals surface area contributed by atoms with E-state index < -0.39 is 12.0 Å². The zero-order chi connectivity index (χ0) is 21.8. The minimum absolute atomic E-state index is 0.218. The quantitative estimate of drug-likeness (QED) is 0.614. The number of ether oxygens (including phenoxy) is 2. The zero-order valence-corrected chi connectivity index (χ0v) is 17.7. The Kier molecular flexibility index (Phi) is 6.34. The molecule has 4 rings (SSSR count). The van der Waals surface area contributed by atoms with Gasteiger partial charge in [-0.25, -0.2) is 4.98 Å². The van der Waals surface area contributed by atoms with Crippen LogP contribution in [0.2, 0.25) is 0 Å². The summed E-state index contributed by atoms with van der Waals surface area (Å²) in [5, 5.41) is 9.38. The number of aromatic nitrogens is 1. The van der Waals surface area contributed by atoms with Crippen LogP contribution >= 0.6 is 0 Å². The van der Waals surface area contributed by atoms with Crippen molar-refractivity contribution in [2.75, 3.05) is 19.8 Å². The fraction of sp³-hybridized carbons (Fsp3) is 0.333. The number of aryl methyl sites for hydroxylation is 1. The third-order valence-corrected chi connectivity index (χ3v) is 5.38. The number of carbonyl (C=O) groups is 1. The summed E-state index contributed by atoms with van der Waals surface area (Å²) in [4.78, 5) is 18.0. The lowest BCUT2D eigenvalue weighted by Crippen LogP contribution is -2.49. The molecule has 1 N–H and O–H groups in total. The molecule has 7 heteroatoms. The molecule has 2 heterocycles. The van der Waals surface area contributed by atoms with Crippen LogP contribution in [-0.4, -0.2) is 46.8 Å². The van der Waals surface area contributed by atoms with Crippen LogP contribution in [0.15, 0.2) is 59.0 Å². The van der Waals surface area contributed by atoms with Gasteiger partial charge in [0.05, 0.1) is 13.2 Å². The Hall–Kier alpha value is -3.16. The number of benzene rings is 2. The maximum absolute atomic E-state index is 11.4. The van der Waals surface area contributed by atoms with E-state index in [0.717, 1.165) is 28.3 Å². The molecule has 162 valence electrons. The molecule has 1 aromatic heterocycles. The van der Waals surface area contributed by atoms with Gasteiger partial charge in [-0.15, -0.1) is 0 Å². The second-order valence-electron chi connectivity index (χ2n) is 7.63. The highest BCUT2D eigenvalue weighted by Crippen LogP contribution is 2.28. The van der Waals surface area contributed by atoms with E-state index in [9.17, 15) is 9.90 Å². The first kappa shape index (κ1) is 21.1. The van der Waals surface area contributed by atoms with E-state index in [1.807, 2.05) is 73.3 Å². The van der Waals surface area contributed by atoms with Crippen molar-refractivity contribution in [2.45, 2.75) is 32.5 Å². The highest BCUT2D eigenvalue weighted by atomic mass is 16.5. The molecular formula is C24H26N2O5. The van der Waals surface area contributed by atoms with E-state index in [0.29, 0.717) is 25.6 Å². The molecule has 7 nitrogen and oxygen atoms in total. The lowest BCUT2D eigenvalue weighted by molar-refractivity contribution is -0.150. The molecule has 0 spiro atoms. The van der Waals surface area contributed by atoms with Crippen LogP contribution < -0.4 is 4.74 Å². The van der Waals surface area contributed by atoms with Gasteiger partial charge in [0.15, 0.2) is 0 Å². The van der Waals surface area contributed by atoms with Gasteiger partial charge in [0.25, 0.3) is 0 Å². The average Bonchev–Trinajstić information content (AvgIpc) is 3.18. The van der Waals surface area contributed by atoms with Crippen molar-refractivity contribution in [1.29, 1.82) is 0 Å². The third kappa shape index (κ3) is 4.95. The monoisotopic (exact) mass is 422 g/mol. The number of carboxylic acids is 1. The van der Waals surface area contributed by atoms with Crippen molar-refractivity contribution in [3.63, 3.8) is 0 Å². The van der Waals surface area contributed by atoms with E-state index >= 15 is 0 Å². The molecule has 2 aromatic carbocycles. The molecule has 0 bridgehead atoms. The highest BCUT2D eigenvalue weighted by molar-refractivity contribution is 5.73. The Morgan fingerprint density at radius 1 is 1.23 bits per heavy atom. The van der Waals surface area contributed by atoms with Crippen LogP contribution in [0.4, 0.5) is 0 Å². The smallest absolute Gasteiger partial charge is 0.323 e. The predicted molar refractivity (Wildman–Crippen MR) is 115 cm³/mol. The fourth-order valence-corrected chi connectivity index (χ4v) is 3.71. The minimum Gasteiger partial charge on any atom is -0.484 e. The predicted octanol–water partition coefficient (Wildman–Crippen LogP) is 4.08. The summed E-state index contributed by atoms with van der Waals surface area (Å²) >= 11 is 0. The molecule has 1 fully saturated rings. The van der Waals surface area contributed by atoms with Gasteiger partial charge in [0.2, 0.25) is 5.89 Å². The molecule has 1 aliphatic heterocycles. The zero-order valence-electron chi connectivity index (χ0n) is 17.7. The average molecular weight is 422 g/mol. The molecule has 31 heavy (non-hydrogen) atoms. The summed E-state index contributed by atoms with van der Waals surface area (Å²) in [5.74, 6) is 1.18. The number of rotatable bonds is 7. The number of hydrogen-bond acceptors (Lipinski definition) is 6. The highest BCUT2D eigenvalue weighted by Gasteiger charge is 2.29. The Morgan fingerprint density at radius 3 is 2.68 bits per heavy atom. The van der Waals surface area contributed by atoms with Crippen molar-refractivity contribution in [3.8, 4) is 17.2 Å². The molecule has 2 atom stereocenters. The Morgan fingerprint density at radius 2 is 1.97 bits per heavy atom.